The van der Waals surface area contributed by atoms with Gasteiger partial charge in [0.05, 0.1) is 11.3 Å². The van der Waals surface area contributed by atoms with Gasteiger partial charge in [-0.2, -0.15) is 5.10 Å². The lowest BCUT2D eigenvalue weighted by atomic mass is 10.1. The van der Waals surface area contributed by atoms with Gasteiger partial charge in [0.1, 0.15) is 12.3 Å². The highest BCUT2D eigenvalue weighted by Gasteiger charge is 2.27. The Hall–Kier alpha value is -2.97. The molecule has 0 aliphatic carbocycles. The third kappa shape index (κ3) is 3.50. The van der Waals surface area contributed by atoms with Crippen molar-refractivity contribution in [1.29, 1.82) is 0 Å². The normalized spacial score (nSPS) is 10.5. The average molecular weight is 333 g/mol. The van der Waals surface area contributed by atoms with Gasteiger partial charge in [-0.05, 0) is 20.8 Å². The van der Waals surface area contributed by atoms with Crippen LogP contribution < -0.4 is 5.32 Å². The van der Waals surface area contributed by atoms with Gasteiger partial charge in [0.2, 0.25) is 5.91 Å². The maximum atomic E-state index is 12.4. The molecule has 0 atom stereocenters. The summed E-state index contributed by atoms with van der Waals surface area (Å²) in [6.07, 6.45) is 0. The van der Waals surface area contributed by atoms with Gasteiger partial charge < -0.3 is 14.7 Å². The number of hydrogen-bond acceptors (Lipinski definition) is 6. The van der Waals surface area contributed by atoms with Crippen molar-refractivity contribution in [2.75, 3.05) is 18.9 Å². The van der Waals surface area contributed by atoms with Gasteiger partial charge in [-0.25, -0.2) is 0 Å². The lowest BCUT2D eigenvalue weighted by Crippen LogP contribution is -2.39. The number of amides is 2. The summed E-state index contributed by atoms with van der Waals surface area (Å²) in [5, 5.41) is 10.2. The molecule has 0 saturated carbocycles. The fourth-order valence-electron chi connectivity index (χ4n) is 2.28. The zero-order valence-corrected chi connectivity index (χ0v) is 14.2. The highest BCUT2D eigenvalue weighted by Crippen LogP contribution is 2.14. The molecule has 1 N–H and O–H groups in total. The standard InChI is InChI=1S/C15H19N5O4/c1-8-6-11(18-24-8)16-12(21)7-19(4)15(23)14(22)13-9(2)17-20(5)10(13)3/h6H,7H2,1-5H3,(H,16,18,21). The van der Waals surface area contributed by atoms with Crippen molar-refractivity contribution in [2.24, 2.45) is 7.05 Å². The number of carbonyl (C=O) groups excluding carboxylic acids is 3. The van der Waals surface area contributed by atoms with Crippen molar-refractivity contribution in [3.05, 3.63) is 28.8 Å². The molecular weight excluding hydrogens is 314 g/mol. The SMILES string of the molecule is Cc1cc(NC(=O)CN(C)C(=O)C(=O)c2c(C)nn(C)c2C)no1. The van der Waals surface area contributed by atoms with Crippen LogP contribution in [0.15, 0.2) is 10.6 Å². The Balaban J connectivity index is 2.03. The van der Waals surface area contributed by atoms with Crippen molar-refractivity contribution < 1.29 is 18.9 Å². The largest absolute Gasteiger partial charge is 0.360 e. The number of nitrogens with zero attached hydrogens (tertiary/aromatic N) is 4. The number of hydrogen-bond donors (Lipinski definition) is 1. The van der Waals surface area contributed by atoms with Gasteiger partial charge in [-0.15, -0.1) is 0 Å². The zero-order chi connectivity index (χ0) is 18.0. The predicted octanol–water partition coefficient (Wildman–Crippen LogP) is 0.613. The summed E-state index contributed by atoms with van der Waals surface area (Å²) in [5.74, 6) is -1.14. The second-order valence-electron chi connectivity index (χ2n) is 5.53. The van der Waals surface area contributed by atoms with Gasteiger partial charge in [0.15, 0.2) is 5.82 Å². The molecule has 0 radical (unpaired) electrons. The Morgan fingerprint density at radius 1 is 1.29 bits per heavy atom. The number of ketones is 1. The van der Waals surface area contributed by atoms with E-state index in [1.165, 1.54) is 11.7 Å². The van der Waals surface area contributed by atoms with Gasteiger partial charge in [0.25, 0.3) is 11.7 Å². The molecule has 0 aliphatic rings. The second kappa shape index (κ2) is 6.65. The molecule has 0 bridgehead atoms. The van der Waals surface area contributed by atoms with Crippen molar-refractivity contribution in [3.63, 3.8) is 0 Å². The van der Waals surface area contributed by atoms with Crippen molar-refractivity contribution in [1.82, 2.24) is 19.8 Å². The van der Waals surface area contributed by atoms with E-state index in [-0.39, 0.29) is 17.9 Å². The highest BCUT2D eigenvalue weighted by molar-refractivity contribution is 6.43. The van der Waals surface area contributed by atoms with Gasteiger partial charge in [0, 0.05) is 25.9 Å². The maximum Gasteiger partial charge on any atom is 0.295 e. The van der Waals surface area contributed by atoms with E-state index in [9.17, 15) is 14.4 Å². The maximum absolute atomic E-state index is 12.4. The third-order valence-corrected chi connectivity index (χ3v) is 3.55. The Bertz CT molecular complexity index is 805. The summed E-state index contributed by atoms with van der Waals surface area (Å²) >= 11 is 0. The van der Waals surface area contributed by atoms with E-state index < -0.39 is 17.6 Å². The van der Waals surface area contributed by atoms with Crippen molar-refractivity contribution in [2.45, 2.75) is 20.8 Å². The van der Waals surface area contributed by atoms with Gasteiger partial charge in [-0.3, -0.25) is 19.1 Å². The molecule has 2 aromatic heterocycles. The molecular formula is C15H19N5O4. The molecule has 0 aromatic carbocycles. The minimum atomic E-state index is -0.777. The van der Waals surface area contributed by atoms with Gasteiger partial charge >= 0.3 is 0 Å². The molecule has 2 aromatic rings. The number of nitrogens with one attached hydrogen (secondary N) is 1. The fourth-order valence-corrected chi connectivity index (χ4v) is 2.28. The van der Waals surface area contributed by atoms with E-state index in [4.69, 9.17) is 4.52 Å². The van der Waals surface area contributed by atoms with Crippen LogP contribution in [0.1, 0.15) is 27.5 Å². The first kappa shape index (κ1) is 17.4. The van der Waals surface area contributed by atoms with E-state index in [1.54, 1.807) is 33.9 Å². The Morgan fingerprint density at radius 3 is 2.46 bits per heavy atom. The molecule has 2 rings (SSSR count). The highest BCUT2D eigenvalue weighted by atomic mass is 16.5. The molecule has 0 saturated heterocycles. The molecule has 0 fully saturated rings. The Kier molecular flexibility index (Phi) is 4.82. The predicted molar refractivity (Wildman–Crippen MR) is 84.5 cm³/mol. The smallest absolute Gasteiger partial charge is 0.295 e. The number of anilines is 1. The first-order valence-electron chi connectivity index (χ1n) is 7.24. The van der Waals surface area contributed by atoms with Crippen LogP contribution in [0.3, 0.4) is 0 Å². The Morgan fingerprint density at radius 2 is 1.96 bits per heavy atom. The minimum absolute atomic E-state index is 0.253. The Labute approximate surface area is 138 Å². The van der Waals surface area contributed by atoms with Crippen LogP contribution in [0.5, 0.6) is 0 Å². The van der Waals surface area contributed by atoms with Crippen LogP contribution in [0.25, 0.3) is 0 Å². The number of rotatable bonds is 5. The monoisotopic (exact) mass is 333 g/mol. The van der Waals surface area contributed by atoms with Crippen molar-refractivity contribution in [3.8, 4) is 0 Å². The van der Waals surface area contributed by atoms with Crippen LogP contribution in [0, 0.1) is 20.8 Å². The molecule has 2 heterocycles. The lowest BCUT2D eigenvalue weighted by molar-refractivity contribution is -0.129. The molecule has 24 heavy (non-hydrogen) atoms. The zero-order valence-electron chi connectivity index (χ0n) is 14.2. The summed E-state index contributed by atoms with van der Waals surface area (Å²) in [6, 6.07) is 1.55. The molecule has 9 heteroatoms. The van der Waals surface area contributed by atoms with Gasteiger partial charge in [-0.1, -0.05) is 5.16 Å². The number of Topliss-reactive ketones (excluding diaryl/α,β-unsaturated/α-hetero) is 1. The van der Waals surface area contributed by atoms with Crippen molar-refractivity contribution >= 4 is 23.4 Å². The first-order chi connectivity index (χ1) is 11.2. The summed E-state index contributed by atoms with van der Waals surface area (Å²) in [4.78, 5) is 37.6. The van der Waals surface area contributed by atoms with E-state index in [0.717, 1.165) is 4.90 Å². The first-order valence-corrected chi connectivity index (χ1v) is 7.24. The summed E-state index contributed by atoms with van der Waals surface area (Å²) in [6.45, 7) is 4.78. The number of likely N-dealkylation sites (N-methyl/N-ethyl adjacent to an activating group) is 1. The van der Waals surface area contributed by atoms with E-state index in [0.29, 0.717) is 17.1 Å². The van der Waals surface area contributed by atoms with Crippen LogP contribution in [-0.2, 0) is 16.6 Å². The quantitative estimate of drug-likeness (QED) is 0.634. The van der Waals surface area contributed by atoms with E-state index in [1.807, 2.05) is 0 Å². The molecule has 9 nitrogen and oxygen atoms in total. The number of aromatic nitrogens is 3. The van der Waals surface area contributed by atoms with E-state index >= 15 is 0 Å². The summed E-state index contributed by atoms with van der Waals surface area (Å²) in [7, 11) is 3.08. The number of carbonyl (C=O) groups is 3. The average Bonchev–Trinajstić information content (AvgIpc) is 3.01. The van der Waals surface area contributed by atoms with Crippen LogP contribution in [0.2, 0.25) is 0 Å². The summed E-state index contributed by atoms with van der Waals surface area (Å²) < 4.78 is 6.37. The van der Waals surface area contributed by atoms with Crippen LogP contribution in [-0.4, -0.2) is 51.0 Å². The third-order valence-electron chi connectivity index (χ3n) is 3.55. The molecule has 128 valence electrons. The molecule has 0 spiro atoms. The molecule has 0 aliphatic heterocycles. The van der Waals surface area contributed by atoms with Crippen LogP contribution in [0.4, 0.5) is 5.82 Å². The topological polar surface area (TPSA) is 110 Å². The lowest BCUT2D eigenvalue weighted by Gasteiger charge is -2.15. The number of aryl methyl sites for hydroxylation is 3. The van der Waals surface area contributed by atoms with Crippen LogP contribution >= 0.6 is 0 Å². The minimum Gasteiger partial charge on any atom is -0.360 e. The summed E-state index contributed by atoms with van der Waals surface area (Å²) in [5.41, 5.74) is 1.34. The second-order valence-corrected chi connectivity index (χ2v) is 5.53. The molecule has 0 unspecified atom stereocenters. The van der Waals surface area contributed by atoms with E-state index in [2.05, 4.69) is 15.6 Å². The fraction of sp³-hybridized carbons (Fsp3) is 0.400. The molecule has 2 amide bonds.